The molecule has 0 saturated carbocycles. The largest absolute Gasteiger partial charge is 0.496 e. The van der Waals surface area contributed by atoms with Gasteiger partial charge in [0.2, 0.25) is 0 Å². The van der Waals surface area contributed by atoms with Crippen LogP contribution in [0.25, 0.3) is 0 Å². The van der Waals surface area contributed by atoms with E-state index in [1.54, 1.807) is 7.11 Å². The summed E-state index contributed by atoms with van der Waals surface area (Å²) < 4.78 is 6.95. The number of anilines is 1. The van der Waals surface area contributed by atoms with E-state index in [4.69, 9.17) is 4.74 Å². The van der Waals surface area contributed by atoms with Crippen LogP contribution in [0.5, 0.6) is 5.75 Å². The molecule has 0 aromatic heterocycles. The highest BCUT2D eigenvalue weighted by Crippen LogP contribution is 2.25. The Morgan fingerprint density at radius 2 is 1.91 bits per heavy atom. The molecule has 0 saturated heterocycles. The van der Waals surface area contributed by atoms with Gasteiger partial charge in [-0.15, -0.1) is 0 Å². The van der Waals surface area contributed by atoms with Crippen LogP contribution in [-0.2, 0) is 6.42 Å². The zero-order chi connectivity index (χ0) is 15.9. The van der Waals surface area contributed by atoms with Gasteiger partial charge in [0.15, 0.2) is 0 Å². The Morgan fingerprint density at radius 1 is 1.14 bits per heavy atom. The summed E-state index contributed by atoms with van der Waals surface area (Å²) in [5.74, 6) is 0.795. The van der Waals surface area contributed by atoms with E-state index >= 15 is 0 Å². The summed E-state index contributed by atoms with van der Waals surface area (Å²) >= 11 is 6.84. The number of methoxy groups -OCH3 is 1. The fourth-order valence-electron chi connectivity index (χ4n) is 1.91. The van der Waals surface area contributed by atoms with E-state index in [1.807, 2.05) is 42.5 Å². The number of ether oxygens (including phenoxy) is 1. The van der Waals surface area contributed by atoms with Crippen molar-refractivity contribution in [3.8, 4) is 5.75 Å². The quantitative estimate of drug-likeness (QED) is 0.733. The minimum absolute atomic E-state index is 0.223. The molecule has 0 aliphatic carbocycles. The van der Waals surface area contributed by atoms with Crippen LogP contribution in [0, 0.1) is 0 Å². The monoisotopic (exact) mass is 426 g/mol. The summed E-state index contributed by atoms with van der Waals surface area (Å²) in [6, 6.07) is 13.1. The Balaban J connectivity index is 1.82. The average molecular weight is 428 g/mol. The van der Waals surface area contributed by atoms with Crippen LogP contribution in [0.15, 0.2) is 51.4 Å². The number of rotatable bonds is 5. The standard InChI is InChI=1S/C16H16Br2N2O2/c1-22-15-7-6-11(10-13(15)18)8-9-19-16(21)20-14-5-3-2-4-12(14)17/h2-7,10H,8-9H2,1H3,(H2,19,20,21). The molecule has 0 fully saturated rings. The normalized spacial score (nSPS) is 10.1. The van der Waals surface area contributed by atoms with Crippen molar-refractivity contribution in [2.45, 2.75) is 6.42 Å². The van der Waals surface area contributed by atoms with Gasteiger partial charge >= 0.3 is 6.03 Å². The van der Waals surface area contributed by atoms with Crippen molar-refractivity contribution < 1.29 is 9.53 Å². The first-order valence-electron chi connectivity index (χ1n) is 6.72. The summed E-state index contributed by atoms with van der Waals surface area (Å²) in [6.07, 6.45) is 0.742. The second kappa shape index (κ2) is 8.19. The molecule has 2 rings (SSSR count). The van der Waals surface area contributed by atoms with Crippen LogP contribution in [0.3, 0.4) is 0 Å². The van der Waals surface area contributed by atoms with E-state index < -0.39 is 0 Å². The van der Waals surface area contributed by atoms with Crippen molar-refractivity contribution in [3.05, 3.63) is 57.0 Å². The first kappa shape index (κ1) is 16.8. The summed E-state index contributed by atoms with van der Waals surface area (Å²) in [7, 11) is 1.63. The number of para-hydroxylation sites is 1. The Morgan fingerprint density at radius 3 is 2.59 bits per heavy atom. The number of carbonyl (C=O) groups excluding carboxylic acids is 1. The van der Waals surface area contributed by atoms with E-state index in [-0.39, 0.29) is 6.03 Å². The third-order valence-electron chi connectivity index (χ3n) is 3.04. The predicted octanol–water partition coefficient (Wildman–Crippen LogP) is 4.58. The van der Waals surface area contributed by atoms with E-state index in [9.17, 15) is 4.79 Å². The van der Waals surface area contributed by atoms with Crippen LogP contribution < -0.4 is 15.4 Å². The lowest BCUT2D eigenvalue weighted by Crippen LogP contribution is -2.30. The fourth-order valence-corrected chi connectivity index (χ4v) is 2.89. The lowest BCUT2D eigenvalue weighted by molar-refractivity contribution is 0.252. The third-order valence-corrected chi connectivity index (χ3v) is 4.35. The van der Waals surface area contributed by atoms with Crippen molar-refractivity contribution in [3.63, 3.8) is 0 Å². The molecule has 6 heteroatoms. The third kappa shape index (κ3) is 4.74. The van der Waals surface area contributed by atoms with Gasteiger partial charge in [-0.3, -0.25) is 0 Å². The SMILES string of the molecule is COc1ccc(CCNC(=O)Nc2ccccc2Br)cc1Br. The number of urea groups is 1. The van der Waals surface area contributed by atoms with Crippen LogP contribution in [0.2, 0.25) is 0 Å². The molecule has 4 nitrogen and oxygen atoms in total. The predicted molar refractivity (Wildman–Crippen MR) is 95.6 cm³/mol. The summed E-state index contributed by atoms with van der Waals surface area (Å²) in [6.45, 7) is 0.551. The summed E-state index contributed by atoms with van der Waals surface area (Å²) in [5, 5.41) is 5.64. The fraction of sp³-hybridized carbons (Fsp3) is 0.188. The van der Waals surface area contributed by atoms with Crippen molar-refractivity contribution >= 4 is 43.6 Å². The molecule has 2 aromatic rings. The minimum Gasteiger partial charge on any atom is -0.496 e. The molecule has 116 valence electrons. The van der Waals surface area contributed by atoms with Gasteiger partial charge in [0, 0.05) is 11.0 Å². The van der Waals surface area contributed by atoms with E-state index in [0.29, 0.717) is 6.54 Å². The molecule has 0 bridgehead atoms. The Labute approximate surface area is 146 Å². The Bertz CT molecular complexity index is 662. The molecule has 2 amide bonds. The molecule has 2 aromatic carbocycles. The summed E-state index contributed by atoms with van der Waals surface area (Å²) in [5.41, 5.74) is 1.86. The van der Waals surface area contributed by atoms with E-state index in [0.717, 1.165) is 32.4 Å². The second-order valence-corrected chi connectivity index (χ2v) is 6.29. The van der Waals surface area contributed by atoms with Crippen molar-refractivity contribution in [2.75, 3.05) is 19.0 Å². The average Bonchev–Trinajstić information content (AvgIpc) is 2.50. The lowest BCUT2D eigenvalue weighted by atomic mass is 10.1. The molecular formula is C16H16Br2N2O2. The molecule has 0 unspecified atom stereocenters. The number of hydrogen-bond donors (Lipinski definition) is 2. The van der Waals surface area contributed by atoms with Crippen molar-refractivity contribution in [1.82, 2.24) is 5.32 Å². The molecule has 0 atom stereocenters. The smallest absolute Gasteiger partial charge is 0.319 e. The first-order chi connectivity index (χ1) is 10.6. The van der Waals surface area contributed by atoms with Gasteiger partial charge in [0.25, 0.3) is 0 Å². The van der Waals surface area contributed by atoms with Gasteiger partial charge in [-0.1, -0.05) is 18.2 Å². The Kier molecular flexibility index (Phi) is 6.27. The van der Waals surface area contributed by atoms with Crippen molar-refractivity contribution in [1.29, 1.82) is 0 Å². The van der Waals surface area contributed by atoms with Gasteiger partial charge in [0.1, 0.15) is 5.75 Å². The zero-order valence-corrected chi connectivity index (χ0v) is 15.2. The molecule has 0 aliphatic rings. The number of benzene rings is 2. The Hall–Kier alpha value is -1.53. The molecule has 0 aliphatic heterocycles. The van der Waals surface area contributed by atoms with Crippen molar-refractivity contribution in [2.24, 2.45) is 0 Å². The van der Waals surface area contributed by atoms with E-state index in [2.05, 4.69) is 42.5 Å². The maximum atomic E-state index is 11.8. The summed E-state index contributed by atoms with van der Waals surface area (Å²) in [4.78, 5) is 11.8. The minimum atomic E-state index is -0.223. The maximum Gasteiger partial charge on any atom is 0.319 e. The molecule has 2 N–H and O–H groups in total. The van der Waals surface area contributed by atoms with Crippen LogP contribution in [0.1, 0.15) is 5.56 Å². The molecule has 0 heterocycles. The van der Waals surface area contributed by atoms with Gasteiger partial charge in [-0.05, 0) is 68.1 Å². The van der Waals surface area contributed by atoms with Gasteiger partial charge in [-0.25, -0.2) is 4.79 Å². The maximum absolute atomic E-state index is 11.8. The van der Waals surface area contributed by atoms with Gasteiger partial charge in [-0.2, -0.15) is 0 Å². The molecule has 0 radical (unpaired) electrons. The molecule has 22 heavy (non-hydrogen) atoms. The highest BCUT2D eigenvalue weighted by molar-refractivity contribution is 9.11. The highest BCUT2D eigenvalue weighted by Gasteiger charge is 2.05. The first-order valence-corrected chi connectivity index (χ1v) is 8.30. The highest BCUT2D eigenvalue weighted by atomic mass is 79.9. The van der Waals surface area contributed by atoms with Crippen LogP contribution >= 0.6 is 31.9 Å². The van der Waals surface area contributed by atoms with E-state index in [1.165, 1.54) is 0 Å². The van der Waals surface area contributed by atoms with Gasteiger partial charge in [0.05, 0.1) is 17.3 Å². The number of carbonyl (C=O) groups is 1. The van der Waals surface area contributed by atoms with Gasteiger partial charge < -0.3 is 15.4 Å². The second-order valence-electron chi connectivity index (χ2n) is 4.58. The zero-order valence-electron chi connectivity index (χ0n) is 12.0. The van der Waals surface area contributed by atoms with Crippen LogP contribution in [-0.4, -0.2) is 19.7 Å². The number of amides is 2. The number of hydrogen-bond acceptors (Lipinski definition) is 2. The topological polar surface area (TPSA) is 50.4 Å². The number of nitrogens with one attached hydrogen (secondary N) is 2. The number of halogens is 2. The lowest BCUT2D eigenvalue weighted by Gasteiger charge is -2.10. The van der Waals surface area contributed by atoms with Crippen LogP contribution in [0.4, 0.5) is 10.5 Å². The molecule has 0 spiro atoms. The molecular weight excluding hydrogens is 412 g/mol.